The van der Waals surface area contributed by atoms with E-state index in [1.165, 1.54) is 39.8 Å². The van der Waals surface area contributed by atoms with Gasteiger partial charge in [0.25, 0.3) is 5.91 Å². The minimum absolute atomic E-state index is 0.233. The lowest BCUT2D eigenvalue weighted by atomic mass is 9.97. The molecule has 1 fully saturated rings. The summed E-state index contributed by atoms with van der Waals surface area (Å²) in [6, 6.07) is 0. The molecule has 0 spiro atoms. The maximum absolute atomic E-state index is 12.9. The van der Waals surface area contributed by atoms with Gasteiger partial charge in [0.15, 0.2) is 4.34 Å². The van der Waals surface area contributed by atoms with E-state index in [2.05, 4.69) is 15.5 Å². The van der Waals surface area contributed by atoms with Crippen LogP contribution in [-0.2, 0) is 18.8 Å². The number of aromatic nitrogens is 2. The minimum atomic E-state index is -2.17. The molecule has 2 atom stereocenters. The molecule has 146 valence electrons. The highest BCUT2D eigenvalue weighted by Gasteiger charge is 2.63. The van der Waals surface area contributed by atoms with E-state index in [0.717, 1.165) is 9.91 Å². The van der Waals surface area contributed by atoms with E-state index >= 15 is 0 Å². The number of β-lactam (4-membered cyclic amide) rings is 1. The zero-order valence-electron chi connectivity index (χ0n) is 14.9. The fourth-order valence-corrected chi connectivity index (χ4v) is 6.34. The second-order valence-electron chi connectivity index (χ2n) is 6.92. The van der Waals surface area contributed by atoms with Gasteiger partial charge < -0.3 is 9.74 Å². The molecule has 1 aromatic heterocycles. The van der Waals surface area contributed by atoms with Gasteiger partial charge in [-0.3, -0.25) is 20.2 Å². The van der Waals surface area contributed by atoms with Gasteiger partial charge >= 0.3 is 5.97 Å². The number of hydrogen-bond acceptors (Lipinski definition) is 10. The topological polar surface area (TPSA) is 128 Å². The van der Waals surface area contributed by atoms with Crippen LogP contribution >= 0.6 is 34.9 Å². The van der Waals surface area contributed by atoms with Crippen LogP contribution in [0.4, 0.5) is 0 Å². The largest absolute Gasteiger partial charge is 0.515 e. The second-order valence-corrected chi connectivity index (χ2v) is 14.5. The van der Waals surface area contributed by atoms with Crippen LogP contribution in [0, 0.1) is 0 Å². The Morgan fingerprint density at radius 3 is 2.93 bits per heavy atom. The summed E-state index contributed by atoms with van der Waals surface area (Å²) in [5.41, 5.74) is 7.20. The van der Waals surface area contributed by atoms with Crippen molar-refractivity contribution in [1.29, 1.82) is 0 Å². The number of rotatable bonds is 7. The Labute approximate surface area is 169 Å². The number of fused-ring (bicyclic) bond motifs is 1. The molecular weight excluding hydrogens is 426 g/mol. The molecule has 1 aromatic rings. The van der Waals surface area contributed by atoms with Gasteiger partial charge in [0, 0.05) is 11.5 Å². The number of amides is 2. The maximum atomic E-state index is 12.9. The molecule has 3 rings (SSSR count). The van der Waals surface area contributed by atoms with E-state index in [1.54, 1.807) is 5.51 Å². The minimum Gasteiger partial charge on any atom is -0.515 e. The van der Waals surface area contributed by atoms with Crippen molar-refractivity contribution in [3.8, 4) is 0 Å². The summed E-state index contributed by atoms with van der Waals surface area (Å²) in [6.07, 6.45) is 0.403. The van der Waals surface area contributed by atoms with E-state index in [9.17, 15) is 14.4 Å². The number of carbonyl (C=O) groups is 3. The van der Waals surface area contributed by atoms with Crippen molar-refractivity contribution >= 4 is 61.5 Å². The smallest absolute Gasteiger partial charge is 0.341 e. The Morgan fingerprint density at radius 2 is 2.33 bits per heavy atom. The summed E-state index contributed by atoms with van der Waals surface area (Å²) in [4.78, 5) is 37.8. The molecule has 0 aliphatic carbocycles. The van der Waals surface area contributed by atoms with Crippen LogP contribution in [0.25, 0.3) is 0 Å². The van der Waals surface area contributed by atoms with Gasteiger partial charge in [-0.2, -0.15) is 0 Å². The van der Waals surface area contributed by atoms with Crippen LogP contribution in [0.1, 0.15) is 0 Å². The Balaban J connectivity index is 1.90. The molecule has 0 radical (unpaired) electrons. The fraction of sp³-hybridized carbons (Fsp3) is 0.500. The van der Waals surface area contributed by atoms with Gasteiger partial charge in [0.05, 0.1) is 0 Å². The van der Waals surface area contributed by atoms with Crippen molar-refractivity contribution < 1.29 is 18.8 Å². The molecule has 2 aliphatic heterocycles. The molecule has 2 aliphatic rings. The number of nitrogens with zero attached hydrogens (tertiary/aromatic N) is 3. The number of carbonyl (C=O) groups excluding carboxylic acids is 3. The molecule has 1 saturated heterocycles. The van der Waals surface area contributed by atoms with Gasteiger partial charge in [-0.25, -0.2) is 4.79 Å². The molecule has 0 saturated carbocycles. The fourth-order valence-electron chi connectivity index (χ4n) is 2.68. The first-order valence-electron chi connectivity index (χ1n) is 7.97. The van der Waals surface area contributed by atoms with E-state index in [4.69, 9.17) is 10.2 Å². The van der Waals surface area contributed by atoms with Crippen molar-refractivity contribution in [1.82, 2.24) is 20.4 Å². The zero-order valence-corrected chi connectivity index (χ0v) is 18.4. The molecular formula is C14H19N5O4S3Si. The van der Waals surface area contributed by atoms with Crippen LogP contribution in [0.15, 0.2) is 21.1 Å². The average Bonchev–Trinajstić information content (AvgIpc) is 3.10. The molecule has 2 amide bonds. The van der Waals surface area contributed by atoms with E-state index in [-0.39, 0.29) is 5.70 Å². The van der Waals surface area contributed by atoms with Crippen LogP contribution < -0.4 is 11.1 Å². The van der Waals surface area contributed by atoms with E-state index in [1.807, 2.05) is 19.6 Å². The van der Waals surface area contributed by atoms with Crippen molar-refractivity contribution in [3.63, 3.8) is 0 Å². The van der Waals surface area contributed by atoms with Crippen molar-refractivity contribution in [2.24, 2.45) is 5.73 Å². The summed E-state index contributed by atoms with van der Waals surface area (Å²) < 4.78 is 6.42. The van der Waals surface area contributed by atoms with Crippen molar-refractivity contribution in [3.05, 3.63) is 16.8 Å². The van der Waals surface area contributed by atoms with E-state index in [0.29, 0.717) is 17.9 Å². The lowest BCUT2D eigenvalue weighted by Crippen LogP contribution is -2.83. The molecule has 27 heavy (non-hydrogen) atoms. The summed E-state index contributed by atoms with van der Waals surface area (Å²) in [5.74, 6) is -0.0646. The zero-order chi connectivity index (χ0) is 19.8. The molecule has 9 nitrogen and oxygen atoms in total. The third kappa shape index (κ3) is 3.92. The van der Waals surface area contributed by atoms with Gasteiger partial charge in [0.2, 0.25) is 20.4 Å². The first-order valence-corrected chi connectivity index (χ1v) is 14.3. The van der Waals surface area contributed by atoms with E-state index < -0.39 is 31.2 Å². The van der Waals surface area contributed by atoms with Gasteiger partial charge in [0.1, 0.15) is 16.6 Å². The first-order chi connectivity index (χ1) is 12.7. The summed E-state index contributed by atoms with van der Waals surface area (Å²) in [7, 11) is -2.17. The van der Waals surface area contributed by atoms with Gasteiger partial charge in [-0.15, -0.1) is 22.0 Å². The van der Waals surface area contributed by atoms with Crippen LogP contribution in [0.2, 0.25) is 19.6 Å². The Hall–Kier alpha value is -1.41. The molecule has 0 unspecified atom stereocenters. The van der Waals surface area contributed by atoms with Crippen molar-refractivity contribution in [2.75, 3.05) is 11.5 Å². The quantitative estimate of drug-likeness (QED) is 0.204. The lowest BCUT2D eigenvalue weighted by molar-refractivity contribution is -0.157. The Morgan fingerprint density at radius 1 is 1.59 bits per heavy atom. The summed E-state index contributed by atoms with van der Waals surface area (Å²) >= 11 is 4.26. The molecule has 3 heterocycles. The average molecular weight is 446 g/mol. The second kappa shape index (κ2) is 7.54. The highest BCUT2D eigenvalue weighted by molar-refractivity contribution is 8.01. The third-order valence-corrected chi connectivity index (χ3v) is 7.95. The van der Waals surface area contributed by atoms with Gasteiger partial charge in [-0.05, 0) is 25.2 Å². The SMILES string of the molecule is C[Si](C)(C)OC(=O)C1=C(CSc2nncs2)CS[C@@H]2N1C(=O)[C@]2(N)NC=O. The lowest BCUT2D eigenvalue weighted by Gasteiger charge is -2.55. The summed E-state index contributed by atoms with van der Waals surface area (Å²) in [5, 5.41) is 9.61. The van der Waals surface area contributed by atoms with Gasteiger partial charge in [-0.1, -0.05) is 23.1 Å². The number of hydrogen-bond donors (Lipinski definition) is 2. The van der Waals surface area contributed by atoms with Crippen LogP contribution in [0.3, 0.4) is 0 Å². The monoisotopic (exact) mass is 445 g/mol. The first kappa shape index (κ1) is 20.3. The van der Waals surface area contributed by atoms with Crippen LogP contribution in [0.5, 0.6) is 0 Å². The predicted octanol–water partition coefficient (Wildman–Crippen LogP) is 0.579. The normalized spacial score (nSPS) is 25.0. The highest BCUT2D eigenvalue weighted by Crippen LogP contribution is 2.45. The molecule has 0 aromatic carbocycles. The molecule has 13 heteroatoms. The molecule has 0 bridgehead atoms. The number of nitrogens with two attached hydrogens (primary N) is 1. The predicted molar refractivity (Wildman–Crippen MR) is 106 cm³/mol. The standard InChI is InChI=1S/C14H19N5O4S3Si/c1-27(2,3)23-10(21)9-8(5-25-13-18-17-7-26-13)4-24-12-14(15,16-6-20)11(22)19(9)12/h6-7,12H,4-5,15H2,1-3H3,(H,16,20)/t12-,14-/m0/s1. The van der Waals surface area contributed by atoms with Crippen molar-refractivity contribution in [2.45, 2.75) is 35.0 Å². The van der Waals surface area contributed by atoms with Crippen LogP contribution in [-0.4, -0.2) is 64.2 Å². The highest BCUT2D eigenvalue weighted by atomic mass is 32.2. The Kier molecular flexibility index (Phi) is 5.68. The Bertz CT molecular complexity index is 797. The number of nitrogens with one attached hydrogen (secondary N) is 1. The third-order valence-electron chi connectivity index (χ3n) is 3.79. The molecule has 3 N–H and O–H groups in total. The summed E-state index contributed by atoms with van der Waals surface area (Å²) in [6.45, 7) is 5.69. The number of thioether (sulfide) groups is 2. The maximum Gasteiger partial charge on any atom is 0.341 e.